The second-order valence-corrected chi connectivity index (χ2v) is 22.1. The van der Waals surface area contributed by atoms with E-state index in [1.165, 1.54) is 250 Å². The first-order chi connectivity index (χ1) is 36.5. The van der Waals surface area contributed by atoms with Gasteiger partial charge in [0, 0.05) is 19.3 Å². The first-order valence-electron chi connectivity index (χ1n) is 32.7. The Morgan fingerprint density at radius 1 is 0.270 bits per heavy atom. The maximum Gasteiger partial charge on any atom is 0.306 e. The lowest BCUT2D eigenvalue weighted by Crippen LogP contribution is -2.30. The van der Waals surface area contributed by atoms with Crippen LogP contribution in [0.2, 0.25) is 0 Å². The van der Waals surface area contributed by atoms with Crippen LogP contribution in [-0.4, -0.2) is 37.2 Å². The van der Waals surface area contributed by atoms with Gasteiger partial charge in [0.25, 0.3) is 0 Å². The Kier molecular flexibility index (Phi) is 60.7. The fourth-order valence-corrected chi connectivity index (χ4v) is 9.66. The molecule has 0 saturated heterocycles. The quantitative estimate of drug-likeness (QED) is 0.0261. The highest BCUT2D eigenvalue weighted by Gasteiger charge is 2.19. The van der Waals surface area contributed by atoms with Crippen molar-refractivity contribution >= 4 is 17.9 Å². The van der Waals surface area contributed by atoms with E-state index in [4.69, 9.17) is 14.2 Å². The Bertz CT molecular complexity index is 1280. The Morgan fingerprint density at radius 3 is 0.743 bits per heavy atom. The van der Waals surface area contributed by atoms with E-state index in [2.05, 4.69) is 69.4 Å². The van der Waals surface area contributed by atoms with Gasteiger partial charge >= 0.3 is 17.9 Å². The van der Waals surface area contributed by atoms with Gasteiger partial charge < -0.3 is 14.2 Å². The summed E-state index contributed by atoms with van der Waals surface area (Å²) in [7, 11) is 0. The molecule has 0 amide bonds. The average Bonchev–Trinajstić information content (AvgIpc) is 3.40. The van der Waals surface area contributed by atoms with Gasteiger partial charge in [0.1, 0.15) is 13.2 Å². The maximum absolute atomic E-state index is 12.9. The largest absolute Gasteiger partial charge is 0.462 e. The van der Waals surface area contributed by atoms with Crippen molar-refractivity contribution in [3.05, 3.63) is 48.6 Å². The van der Waals surface area contributed by atoms with E-state index in [1.807, 2.05) is 0 Å². The van der Waals surface area contributed by atoms with Gasteiger partial charge in [0.15, 0.2) is 6.10 Å². The summed E-state index contributed by atoms with van der Waals surface area (Å²) in [5.74, 6) is -0.855. The molecule has 0 heterocycles. The van der Waals surface area contributed by atoms with Gasteiger partial charge in [-0.15, -0.1) is 0 Å². The zero-order valence-electron chi connectivity index (χ0n) is 49.6. The molecule has 6 heteroatoms. The van der Waals surface area contributed by atoms with Crippen LogP contribution in [0.3, 0.4) is 0 Å². The van der Waals surface area contributed by atoms with Crippen molar-refractivity contribution in [1.29, 1.82) is 0 Å². The molecule has 0 fully saturated rings. The number of esters is 3. The van der Waals surface area contributed by atoms with Crippen LogP contribution >= 0.6 is 0 Å². The van der Waals surface area contributed by atoms with Gasteiger partial charge in [-0.05, 0) is 70.6 Å². The van der Waals surface area contributed by atoms with Gasteiger partial charge in [-0.2, -0.15) is 0 Å². The molecular weight excluding hydrogens is 913 g/mol. The van der Waals surface area contributed by atoms with Crippen LogP contribution in [0.15, 0.2) is 48.6 Å². The minimum absolute atomic E-state index is 0.0714. The van der Waals surface area contributed by atoms with Crippen LogP contribution in [0.1, 0.15) is 348 Å². The number of carbonyl (C=O) groups excluding carboxylic acids is 3. The van der Waals surface area contributed by atoms with E-state index >= 15 is 0 Å². The summed E-state index contributed by atoms with van der Waals surface area (Å²) in [4.78, 5) is 38.4. The molecule has 0 radical (unpaired) electrons. The third-order valence-corrected chi connectivity index (χ3v) is 14.6. The van der Waals surface area contributed by atoms with Crippen molar-refractivity contribution in [3.63, 3.8) is 0 Å². The first kappa shape index (κ1) is 71.4. The summed E-state index contributed by atoms with van der Waals surface area (Å²) in [5.41, 5.74) is 0. The smallest absolute Gasteiger partial charge is 0.306 e. The average molecular weight is 1040 g/mol. The molecule has 1 unspecified atom stereocenters. The number of unbranched alkanes of at least 4 members (excludes halogenated alkanes) is 43. The van der Waals surface area contributed by atoms with Crippen LogP contribution in [0.4, 0.5) is 0 Å². The van der Waals surface area contributed by atoms with E-state index in [0.717, 1.165) is 57.8 Å². The Hall–Kier alpha value is -2.63. The summed E-state index contributed by atoms with van der Waals surface area (Å²) in [6.07, 6.45) is 78.2. The minimum Gasteiger partial charge on any atom is -0.462 e. The molecule has 74 heavy (non-hydrogen) atoms. The van der Waals surface area contributed by atoms with Crippen molar-refractivity contribution in [2.45, 2.75) is 354 Å². The molecule has 0 aromatic heterocycles. The number of ether oxygens (including phenoxy) is 3. The van der Waals surface area contributed by atoms with Crippen LogP contribution in [-0.2, 0) is 28.6 Å². The SMILES string of the molecule is CCCCC/C=C\C=C/CCCCCCCCCCCCC(=O)OCC(COC(=O)CCCCCCCCCCCCCCCCCCCC)OC(=O)CCCCCCCCCCCC/C=C\C=C/CCCCC. The molecule has 432 valence electrons. The van der Waals surface area contributed by atoms with E-state index in [0.29, 0.717) is 19.3 Å². The topological polar surface area (TPSA) is 78.9 Å². The summed E-state index contributed by atoms with van der Waals surface area (Å²) in [5, 5.41) is 0. The standard InChI is InChI=1S/C68H124O6/c1-4-7-10-13-16-19-22-25-28-31-34-37-40-43-46-49-52-55-58-61-67(70)73-64-65(63-72-66(69)60-57-54-51-48-45-42-39-36-33-30-27-24-21-18-15-12-9-6-3)74-68(71)62-59-56-53-50-47-44-41-38-35-32-29-26-23-20-17-14-11-8-5-2/h16-17,19-20,22-23,25-26,65H,4-15,18,21,24,27-64H2,1-3H3/b19-16-,20-17-,25-22-,26-23-. The number of carbonyl (C=O) groups is 3. The highest BCUT2D eigenvalue weighted by atomic mass is 16.6. The normalized spacial score (nSPS) is 12.3. The predicted molar refractivity (Wildman–Crippen MR) is 321 cm³/mol. The van der Waals surface area contributed by atoms with Crippen LogP contribution in [0.5, 0.6) is 0 Å². The molecule has 0 spiro atoms. The van der Waals surface area contributed by atoms with Gasteiger partial charge in [0.2, 0.25) is 0 Å². The van der Waals surface area contributed by atoms with E-state index in [-0.39, 0.29) is 31.1 Å². The lowest BCUT2D eigenvalue weighted by atomic mass is 10.0. The molecule has 1 atom stereocenters. The van der Waals surface area contributed by atoms with Gasteiger partial charge in [-0.1, -0.05) is 307 Å². The Labute approximate surface area is 460 Å². The van der Waals surface area contributed by atoms with Crippen LogP contribution in [0, 0.1) is 0 Å². The summed E-state index contributed by atoms with van der Waals surface area (Å²) >= 11 is 0. The zero-order valence-corrected chi connectivity index (χ0v) is 49.6. The first-order valence-corrected chi connectivity index (χ1v) is 32.7. The van der Waals surface area contributed by atoms with Crippen LogP contribution in [0.25, 0.3) is 0 Å². The molecule has 0 aliphatic heterocycles. The van der Waals surface area contributed by atoms with E-state index in [1.54, 1.807) is 0 Å². The van der Waals surface area contributed by atoms with Gasteiger partial charge in [0.05, 0.1) is 0 Å². The van der Waals surface area contributed by atoms with Gasteiger partial charge in [-0.25, -0.2) is 0 Å². The Morgan fingerprint density at radius 2 is 0.473 bits per heavy atom. The summed E-state index contributed by atoms with van der Waals surface area (Å²) < 4.78 is 17.0. The molecule has 0 aromatic carbocycles. The van der Waals surface area contributed by atoms with Crippen molar-refractivity contribution in [2.75, 3.05) is 13.2 Å². The Balaban J connectivity index is 4.34. The van der Waals surface area contributed by atoms with E-state index < -0.39 is 6.10 Å². The number of rotatable bonds is 60. The molecule has 0 rings (SSSR count). The van der Waals surface area contributed by atoms with Crippen molar-refractivity contribution in [2.24, 2.45) is 0 Å². The maximum atomic E-state index is 12.9. The summed E-state index contributed by atoms with van der Waals surface area (Å²) in [6.45, 7) is 6.64. The van der Waals surface area contributed by atoms with Gasteiger partial charge in [-0.3, -0.25) is 14.4 Å². The molecule has 0 bridgehead atoms. The number of hydrogen-bond acceptors (Lipinski definition) is 6. The lowest BCUT2D eigenvalue weighted by molar-refractivity contribution is -0.167. The van der Waals surface area contributed by atoms with Crippen LogP contribution < -0.4 is 0 Å². The molecule has 0 aliphatic carbocycles. The second kappa shape index (κ2) is 62.9. The molecule has 0 saturated carbocycles. The monoisotopic (exact) mass is 1040 g/mol. The fraction of sp³-hybridized carbons (Fsp3) is 0.838. The van der Waals surface area contributed by atoms with E-state index in [9.17, 15) is 14.4 Å². The number of allylic oxidation sites excluding steroid dienone is 8. The van der Waals surface area contributed by atoms with Crippen molar-refractivity contribution in [3.8, 4) is 0 Å². The second-order valence-electron chi connectivity index (χ2n) is 22.1. The molecule has 6 nitrogen and oxygen atoms in total. The predicted octanol–water partition coefficient (Wildman–Crippen LogP) is 22.2. The number of hydrogen-bond donors (Lipinski definition) is 0. The summed E-state index contributed by atoms with van der Waals surface area (Å²) in [6, 6.07) is 0. The third kappa shape index (κ3) is 60.2. The van der Waals surface area contributed by atoms with Crippen molar-refractivity contribution in [1.82, 2.24) is 0 Å². The molecule has 0 aromatic rings. The zero-order chi connectivity index (χ0) is 53.6. The third-order valence-electron chi connectivity index (χ3n) is 14.6. The molecule has 0 N–H and O–H groups in total. The highest BCUT2D eigenvalue weighted by molar-refractivity contribution is 5.71. The minimum atomic E-state index is -0.775. The van der Waals surface area contributed by atoms with Crippen molar-refractivity contribution < 1.29 is 28.6 Å². The molecular formula is C68H124O6. The fourth-order valence-electron chi connectivity index (χ4n) is 9.66. The lowest BCUT2D eigenvalue weighted by Gasteiger charge is -2.18. The molecule has 0 aliphatic rings. The highest BCUT2D eigenvalue weighted by Crippen LogP contribution is 2.18.